The van der Waals surface area contributed by atoms with E-state index in [9.17, 15) is 5.11 Å². The Morgan fingerprint density at radius 1 is 1.15 bits per heavy atom. The molecule has 0 fully saturated rings. The average molecular weight is 276 g/mol. The van der Waals surface area contributed by atoms with Gasteiger partial charge in [0.25, 0.3) is 0 Å². The van der Waals surface area contributed by atoms with Crippen LogP contribution in [0, 0.1) is 13.8 Å². The monoisotopic (exact) mass is 276 g/mol. The Kier molecular flexibility index (Phi) is 4.63. The molecule has 5 heteroatoms. The second-order valence-electron chi connectivity index (χ2n) is 4.55. The van der Waals surface area contributed by atoms with Gasteiger partial charge in [-0.15, -0.1) is 0 Å². The summed E-state index contributed by atoms with van der Waals surface area (Å²) in [5, 5.41) is 13.7. The maximum Gasteiger partial charge on any atom is 0.119 e. The van der Waals surface area contributed by atoms with E-state index in [1.807, 2.05) is 42.8 Å². The highest BCUT2D eigenvalue weighted by molar-refractivity contribution is 5.31. The Hall–Kier alpha value is -2.01. The number of hydrogen-bond donors (Lipinski definition) is 1. The van der Waals surface area contributed by atoms with Crippen LogP contribution in [-0.4, -0.2) is 28.6 Å². The van der Waals surface area contributed by atoms with E-state index in [1.54, 1.807) is 7.11 Å². The molecule has 0 aliphatic rings. The van der Waals surface area contributed by atoms with E-state index in [2.05, 4.69) is 5.10 Å². The summed E-state index contributed by atoms with van der Waals surface area (Å²) in [5.74, 6) is 1.61. The molecule has 1 N–H and O–H groups in total. The van der Waals surface area contributed by atoms with Crippen molar-refractivity contribution in [3.63, 3.8) is 0 Å². The molecule has 0 aliphatic carbocycles. The van der Waals surface area contributed by atoms with E-state index in [-0.39, 0.29) is 6.61 Å². The van der Waals surface area contributed by atoms with Crippen LogP contribution in [0.5, 0.6) is 11.5 Å². The van der Waals surface area contributed by atoms with E-state index in [1.165, 1.54) is 0 Å². The van der Waals surface area contributed by atoms with E-state index >= 15 is 0 Å². The van der Waals surface area contributed by atoms with Crippen molar-refractivity contribution in [1.82, 2.24) is 9.78 Å². The maximum absolute atomic E-state index is 9.27. The zero-order valence-corrected chi connectivity index (χ0v) is 12.1. The fourth-order valence-corrected chi connectivity index (χ4v) is 2.10. The Morgan fingerprint density at radius 2 is 1.80 bits per heavy atom. The normalized spacial score (nSPS) is 10.6. The molecule has 0 atom stereocenters. The molecule has 0 amide bonds. The van der Waals surface area contributed by atoms with Crippen LogP contribution in [0.2, 0.25) is 0 Å². The van der Waals surface area contributed by atoms with E-state index < -0.39 is 0 Å². The van der Waals surface area contributed by atoms with Crippen LogP contribution in [0.1, 0.15) is 17.0 Å². The molecule has 0 spiro atoms. The third-order valence-corrected chi connectivity index (χ3v) is 3.32. The molecule has 5 nitrogen and oxygen atoms in total. The molecule has 1 aromatic heterocycles. The number of aliphatic hydroxyl groups is 1. The van der Waals surface area contributed by atoms with Crippen LogP contribution in [0.4, 0.5) is 0 Å². The topological polar surface area (TPSA) is 56.5 Å². The summed E-state index contributed by atoms with van der Waals surface area (Å²) >= 11 is 0. The Morgan fingerprint density at radius 3 is 2.35 bits per heavy atom. The van der Waals surface area contributed by atoms with Crippen LogP contribution in [0.15, 0.2) is 24.3 Å². The van der Waals surface area contributed by atoms with Crippen molar-refractivity contribution in [3.05, 3.63) is 41.2 Å². The van der Waals surface area contributed by atoms with Crippen molar-refractivity contribution in [2.75, 3.05) is 13.7 Å². The number of aryl methyl sites for hydroxylation is 1. The Bertz CT molecular complexity index is 561. The quantitative estimate of drug-likeness (QED) is 0.877. The summed E-state index contributed by atoms with van der Waals surface area (Å²) in [6.07, 6.45) is 0. The van der Waals surface area contributed by atoms with Gasteiger partial charge in [-0.1, -0.05) is 0 Å². The minimum atomic E-state index is 0.0248. The van der Waals surface area contributed by atoms with Gasteiger partial charge in [0.15, 0.2) is 0 Å². The Labute approximate surface area is 118 Å². The number of aliphatic hydroxyl groups excluding tert-OH is 1. The van der Waals surface area contributed by atoms with Crippen molar-refractivity contribution in [2.24, 2.45) is 0 Å². The third kappa shape index (κ3) is 3.11. The second-order valence-corrected chi connectivity index (χ2v) is 4.55. The zero-order valence-electron chi connectivity index (χ0n) is 12.1. The number of methoxy groups -OCH3 is 1. The van der Waals surface area contributed by atoms with Crippen molar-refractivity contribution < 1.29 is 14.6 Å². The molecule has 2 aromatic rings. The van der Waals surface area contributed by atoms with Crippen LogP contribution in [0.3, 0.4) is 0 Å². The van der Waals surface area contributed by atoms with Crippen LogP contribution < -0.4 is 9.47 Å². The van der Waals surface area contributed by atoms with Gasteiger partial charge >= 0.3 is 0 Å². The van der Waals surface area contributed by atoms with Gasteiger partial charge in [0.05, 0.1) is 26.0 Å². The highest BCUT2D eigenvalue weighted by atomic mass is 16.5. The third-order valence-electron chi connectivity index (χ3n) is 3.32. The molecule has 1 aromatic carbocycles. The lowest BCUT2D eigenvalue weighted by molar-refractivity contribution is 0.277. The number of nitrogens with zero attached hydrogens (tertiary/aromatic N) is 2. The molecule has 0 unspecified atom stereocenters. The van der Waals surface area contributed by atoms with E-state index in [4.69, 9.17) is 9.47 Å². The van der Waals surface area contributed by atoms with Crippen LogP contribution in [0.25, 0.3) is 0 Å². The van der Waals surface area contributed by atoms with Crippen molar-refractivity contribution in [2.45, 2.75) is 27.0 Å². The highest BCUT2D eigenvalue weighted by Crippen LogP contribution is 2.17. The zero-order chi connectivity index (χ0) is 14.5. The molecule has 20 heavy (non-hydrogen) atoms. The van der Waals surface area contributed by atoms with Gasteiger partial charge in [0.2, 0.25) is 0 Å². The average Bonchev–Trinajstić information content (AvgIpc) is 2.74. The van der Waals surface area contributed by atoms with Gasteiger partial charge in [-0.3, -0.25) is 4.68 Å². The first-order valence-corrected chi connectivity index (χ1v) is 6.56. The standard InChI is InChI=1S/C15H20N2O3/c1-11-15(10-18)12(2)17(16-11)8-9-20-14-6-4-13(19-3)5-7-14/h4-7,18H,8-10H2,1-3H3. The number of hydrogen-bond acceptors (Lipinski definition) is 4. The first-order chi connectivity index (χ1) is 9.65. The number of benzene rings is 1. The lowest BCUT2D eigenvalue weighted by Gasteiger charge is -2.08. The number of ether oxygens (including phenoxy) is 2. The van der Waals surface area contributed by atoms with Crippen LogP contribution in [-0.2, 0) is 13.2 Å². The van der Waals surface area contributed by atoms with Crippen LogP contribution >= 0.6 is 0 Å². The molecule has 108 valence electrons. The lowest BCUT2D eigenvalue weighted by Crippen LogP contribution is -2.11. The highest BCUT2D eigenvalue weighted by Gasteiger charge is 2.10. The van der Waals surface area contributed by atoms with Gasteiger partial charge in [-0.05, 0) is 38.1 Å². The second kappa shape index (κ2) is 6.43. The summed E-state index contributed by atoms with van der Waals surface area (Å²) in [4.78, 5) is 0. The van der Waals surface area contributed by atoms with Gasteiger partial charge in [-0.2, -0.15) is 5.10 Å². The van der Waals surface area contributed by atoms with Gasteiger partial charge < -0.3 is 14.6 Å². The van der Waals surface area contributed by atoms with Crippen molar-refractivity contribution in [3.8, 4) is 11.5 Å². The van der Waals surface area contributed by atoms with Gasteiger partial charge in [0.1, 0.15) is 18.1 Å². The number of aromatic nitrogens is 2. The predicted octanol–water partition coefficient (Wildman–Crippen LogP) is 2.08. The molecule has 0 aliphatic heterocycles. The summed E-state index contributed by atoms with van der Waals surface area (Å²) in [7, 11) is 1.64. The molecule has 0 radical (unpaired) electrons. The first-order valence-electron chi connectivity index (χ1n) is 6.56. The smallest absolute Gasteiger partial charge is 0.119 e. The van der Waals surface area contributed by atoms with Gasteiger partial charge in [-0.25, -0.2) is 0 Å². The fraction of sp³-hybridized carbons (Fsp3) is 0.400. The first kappa shape index (κ1) is 14.4. The molecular formula is C15H20N2O3. The van der Waals surface area contributed by atoms with E-state index in [0.717, 1.165) is 28.5 Å². The molecule has 0 saturated heterocycles. The Balaban J connectivity index is 1.92. The SMILES string of the molecule is COc1ccc(OCCn2nc(C)c(CO)c2C)cc1. The largest absolute Gasteiger partial charge is 0.497 e. The molecular weight excluding hydrogens is 256 g/mol. The molecule has 2 rings (SSSR count). The molecule has 0 saturated carbocycles. The maximum atomic E-state index is 9.27. The fourth-order valence-electron chi connectivity index (χ4n) is 2.10. The number of rotatable bonds is 6. The minimum absolute atomic E-state index is 0.0248. The summed E-state index contributed by atoms with van der Waals surface area (Å²) in [6, 6.07) is 7.48. The van der Waals surface area contributed by atoms with Crippen molar-refractivity contribution >= 4 is 0 Å². The van der Waals surface area contributed by atoms with E-state index in [0.29, 0.717) is 13.2 Å². The molecule has 1 heterocycles. The van der Waals surface area contributed by atoms with Gasteiger partial charge in [0, 0.05) is 11.3 Å². The summed E-state index contributed by atoms with van der Waals surface area (Å²) in [6.45, 7) is 5.06. The minimum Gasteiger partial charge on any atom is -0.497 e. The lowest BCUT2D eigenvalue weighted by atomic mass is 10.2. The van der Waals surface area contributed by atoms with Crippen molar-refractivity contribution in [1.29, 1.82) is 0 Å². The molecule has 0 bridgehead atoms. The summed E-state index contributed by atoms with van der Waals surface area (Å²) < 4.78 is 12.6. The predicted molar refractivity (Wildman–Crippen MR) is 76.1 cm³/mol. The summed E-state index contributed by atoms with van der Waals surface area (Å²) in [5.41, 5.74) is 2.76.